The lowest BCUT2D eigenvalue weighted by molar-refractivity contribution is 0.395. The highest BCUT2D eigenvalue weighted by molar-refractivity contribution is 5.79. The molecule has 0 atom stereocenters. The number of nitrogens with zero attached hydrogens (tertiary/aromatic N) is 6. The molecule has 2 aromatic heterocycles. The first-order valence-electron chi connectivity index (χ1n) is 8.14. The van der Waals surface area contributed by atoms with Gasteiger partial charge in [0.2, 0.25) is 11.8 Å². The molecule has 0 N–H and O–H groups in total. The summed E-state index contributed by atoms with van der Waals surface area (Å²) in [7, 11) is 3.50. The SMILES string of the molecule is COc1cncc(N2CCN(c3nc4c(F)cccc4n3C)CC2)n1. The Balaban J connectivity index is 1.54. The number of ether oxygens (including phenoxy) is 1. The molecule has 0 bridgehead atoms. The van der Waals surface area contributed by atoms with Gasteiger partial charge in [0.1, 0.15) is 5.52 Å². The van der Waals surface area contributed by atoms with Gasteiger partial charge in [-0.05, 0) is 12.1 Å². The number of para-hydroxylation sites is 1. The van der Waals surface area contributed by atoms with Crippen LogP contribution in [0.4, 0.5) is 16.2 Å². The van der Waals surface area contributed by atoms with Crippen molar-refractivity contribution in [2.45, 2.75) is 0 Å². The Bertz CT molecular complexity index is 903. The van der Waals surface area contributed by atoms with Crippen molar-refractivity contribution >= 4 is 22.8 Å². The first-order chi connectivity index (χ1) is 12.2. The Kier molecular flexibility index (Phi) is 3.87. The van der Waals surface area contributed by atoms with Gasteiger partial charge in [0.25, 0.3) is 0 Å². The molecule has 1 aromatic carbocycles. The van der Waals surface area contributed by atoms with E-state index in [1.807, 2.05) is 17.7 Å². The second-order valence-corrected chi connectivity index (χ2v) is 5.97. The largest absolute Gasteiger partial charge is 0.480 e. The van der Waals surface area contributed by atoms with Crippen LogP contribution in [0.3, 0.4) is 0 Å². The lowest BCUT2D eigenvalue weighted by Gasteiger charge is -2.35. The summed E-state index contributed by atoms with van der Waals surface area (Å²) in [6.07, 6.45) is 3.33. The number of rotatable bonds is 3. The van der Waals surface area contributed by atoms with Crippen molar-refractivity contribution in [3.05, 3.63) is 36.4 Å². The maximum Gasteiger partial charge on any atom is 0.233 e. The van der Waals surface area contributed by atoms with Crippen LogP contribution in [0.1, 0.15) is 0 Å². The van der Waals surface area contributed by atoms with Gasteiger partial charge in [0.15, 0.2) is 11.6 Å². The summed E-state index contributed by atoms with van der Waals surface area (Å²) in [5.41, 5.74) is 1.22. The van der Waals surface area contributed by atoms with Crippen LogP contribution >= 0.6 is 0 Å². The summed E-state index contributed by atoms with van der Waals surface area (Å²) in [4.78, 5) is 17.4. The number of aromatic nitrogens is 4. The number of halogens is 1. The van der Waals surface area contributed by atoms with Crippen molar-refractivity contribution < 1.29 is 9.13 Å². The van der Waals surface area contributed by atoms with Crippen molar-refractivity contribution in [2.75, 3.05) is 43.1 Å². The minimum atomic E-state index is -0.287. The fraction of sp³-hybridized carbons (Fsp3) is 0.353. The molecule has 8 heteroatoms. The van der Waals surface area contributed by atoms with E-state index in [0.29, 0.717) is 11.4 Å². The van der Waals surface area contributed by atoms with Crippen LogP contribution in [0, 0.1) is 5.82 Å². The highest BCUT2D eigenvalue weighted by Gasteiger charge is 2.23. The maximum absolute atomic E-state index is 14.0. The minimum Gasteiger partial charge on any atom is -0.480 e. The van der Waals surface area contributed by atoms with Gasteiger partial charge in [0, 0.05) is 33.2 Å². The summed E-state index contributed by atoms with van der Waals surface area (Å²) in [5.74, 6) is 1.81. The van der Waals surface area contributed by atoms with Crippen LogP contribution in [-0.2, 0) is 7.05 Å². The van der Waals surface area contributed by atoms with Gasteiger partial charge < -0.3 is 19.1 Å². The molecule has 130 valence electrons. The molecule has 4 rings (SSSR count). The molecule has 0 unspecified atom stereocenters. The Hall–Kier alpha value is -2.90. The molecule has 1 aliphatic rings. The quantitative estimate of drug-likeness (QED) is 0.724. The van der Waals surface area contributed by atoms with Gasteiger partial charge in [-0.15, -0.1) is 0 Å². The predicted octanol–water partition coefficient (Wildman–Crippen LogP) is 1.84. The van der Waals surface area contributed by atoms with Crippen molar-refractivity contribution in [1.82, 2.24) is 19.5 Å². The number of imidazole rings is 1. The Morgan fingerprint density at radius 3 is 2.52 bits per heavy atom. The van der Waals surface area contributed by atoms with Gasteiger partial charge in [-0.3, -0.25) is 4.98 Å². The number of methoxy groups -OCH3 is 1. The topological polar surface area (TPSA) is 59.3 Å². The van der Waals surface area contributed by atoms with Gasteiger partial charge >= 0.3 is 0 Å². The third-order valence-corrected chi connectivity index (χ3v) is 4.53. The van der Waals surface area contributed by atoms with E-state index in [1.54, 1.807) is 25.6 Å². The molecule has 0 amide bonds. The number of hydrogen-bond donors (Lipinski definition) is 0. The highest BCUT2D eigenvalue weighted by Crippen LogP contribution is 2.25. The molecule has 1 fully saturated rings. The number of fused-ring (bicyclic) bond motifs is 1. The minimum absolute atomic E-state index is 0.287. The molecule has 0 radical (unpaired) electrons. The summed E-state index contributed by atoms with van der Waals surface area (Å²) >= 11 is 0. The van der Waals surface area contributed by atoms with E-state index < -0.39 is 0 Å². The third-order valence-electron chi connectivity index (χ3n) is 4.53. The van der Waals surface area contributed by atoms with E-state index in [0.717, 1.165) is 43.5 Å². The standard InChI is InChI=1S/C17H19FN6O/c1-22-13-5-3-4-12(18)16(13)21-17(22)24-8-6-23(7-9-24)14-10-19-11-15(20-14)25-2/h3-5,10-11H,6-9H2,1-2H3. The van der Waals surface area contributed by atoms with E-state index in [2.05, 4.69) is 24.8 Å². The number of hydrogen-bond acceptors (Lipinski definition) is 6. The summed E-state index contributed by atoms with van der Waals surface area (Å²) in [6.45, 7) is 3.12. The molecule has 0 saturated carbocycles. The van der Waals surface area contributed by atoms with Crippen LogP contribution in [0.5, 0.6) is 5.88 Å². The first-order valence-corrected chi connectivity index (χ1v) is 8.14. The molecule has 0 spiro atoms. The third kappa shape index (κ3) is 2.73. The second kappa shape index (κ2) is 6.19. The summed E-state index contributed by atoms with van der Waals surface area (Å²) in [6, 6.07) is 5.04. The lowest BCUT2D eigenvalue weighted by atomic mass is 10.3. The molecule has 0 aliphatic carbocycles. The Labute approximate surface area is 144 Å². The predicted molar refractivity (Wildman–Crippen MR) is 93.7 cm³/mol. The molecule has 3 heterocycles. The van der Waals surface area contributed by atoms with E-state index in [4.69, 9.17) is 4.74 Å². The first kappa shape index (κ1) is 15.6. The van der Waals surface area contributed by atoms with Crippen LogP contribution in [-0.4, -0.2) is 52.8 Å². The van der Waals surface area contributed by atoms with E-state index >= 15 is 0 Å². The lowest BCUT2D eigenvalue weighted by Crippen LogP contribution is -2.47. The smallest absolute Gasteiger partial charge is 0.233 e. The van der Waals surface area contributed by atoms with Crippen LogP contribution < -0.4 is 14.5 Å². The molecular formula is C17H19FN6O. The normalized spacial score (nSPS) is 15.0. The maximum atomic E-state index is 14.0. The average Bonchev–Trinajstić information content (AvgIpc) is 3.00. The van der Waals surface area contributed by atoms with Gasteiger partial charge in [-0.25, -0.2) is 9.37 Å². The molecular weight excluding hydrogens is 323 g/mol. The molecule has 1 aliphatic heterocycles. The van der Waals surface area contributed by atoms with Crippen molar-refractivity contribution in [2.24, 2.45) is 7.05 Å². The number of anilines is 2. The zero-order valence-electron chi connectivity index (χ0n) is 14.2. The fourth-order valence-corrected chi connectivity index (χ4v) is 3.18. The zero-order chi connectivity index (χ0) is 17.4. The van der Waals surface area contributed by atoms with E-state index in [1.165, 1.54) is 6.07 Å². The van der Waals surface area contributed by atoms with Gasteiger partial charge in [-0.2, -0.15) is 4.98 Å². The molecule has 1 saturated heterocycles. The monoisotopic (exact) mass is 342 g/mol. The summed E-state index contributed by atoms with van der Waals surface area (Å²) in [5, 5.41) is 0. The molecule has 3 aromatic rings. The van der Waals surface area contributed by atoms with Gasteiger partial charge in [-0.1, -0.05) is 6.07 Å². The zero-order valence-corrected chi connectivity index (χ0v) is 14.2. The van der Waals surface area contributed by atoms with Crippen LogP contribution in [0.25, 0.3) is 11.0 Å². The van der Waals surface area contributed by atoms with Crippen LogP contribution in [0.2, 0.25) is 0 Å². The average molecular weight is 342 g/mol. The second-order valence-electron chi connectivity index (χ2n) is 5.97. The van der Waals surface area contributed by atoms with Crippen molar-refractivity contribution in [3.63, 3.8) is 0 Å². The fourth-order valence-electron chi connectivity index (χ4n) is 3.18. The molecule has 25 heavy (non-hydrogen) atoms. The molecule has 7 nitrogen and oxygen atoms in total. The summed E-state index contributed by atoms with van der Waals surface area (Å²) < 4.78 is 21.1. The Morgan fingerprint density at radius 2 is 1.80 bits per heavy atom. The number of benzene rings is 1. The highest BCUT2D eigenvalue weighted by atomic mass is 19.1. The van der Waals surface area contributed by atoms with Crippen molar-refractivity contribution in [1.29, 1.82) is 0 Å². The van der Waals surface area contributed by atoms with E-state index in [9.17, 15) is 4.39 Å². The Morgan fingerprint density at radius 1 is 1.04 bits per heavy atom. The van der Waals surface area contributed by atoms with Crippen molar-refractivity contribution in [3.8, 4) is 5.88 Å². The van der Waals surface area contributed by atoms with Gasteiger partial charge in [0.05, 0.1) is 25.0 Å². The van der Waals surface area contributed by atoms with E-state index in [-0.39, 0.29) is 5.82 Å². The number of piperazine rings is 1. The number of aryl methyl sites for hydroxylation is 1. The van der Waals surface area contributed by atoms with Crippen LogP contribution in [0.15, 0.2) is 30.6 Å².